The first kappa shape index (κ1) is 5.48. The van der Waals surface area contributed by atoms with Gasteiger partial charge in [-0.25, -0.2) is 0 Å². The van der Waals surface area contributed by atoms with Crippen LogP contribution in [0.3, 0.4) is 0 Å². The van der Waals surface area contributed by atoms with E-state index in [0.29, 0.717) is 0 Å². The van der Waals surface area contributed by atoms with Gasteiger partial charge in [-0.1, -0.05) is 12.2 Å². The normalized spacial score (nSPS) is 41.9. The van der Waals surface area contributed by atoms with E-state index in [1.54, 1.807) is 0 Å². The Labute approximate surface area is 56.4 Å². The molecule has 0 aromatic heterocycles. The first-order chi connectivity index (χ1) is 4.36. The van der Waals surface area contributed by atoms with E-state index in [-0.39, 0.29) is 0 Å². The lowest BCUT2D eigenvalue weighted by atomic mass is 10.0. The summed E-state index contributed by atoms with van der Waals surface area (Å²) in [4.78, 5) is 2.43. The monoisotopic (exact) mass is 123 g/mol. The summed E-state index contributed by atoms with van der Waals surface area (Å²) in [5, 5.41) is 0. The highest BCUT2D eigenvalue weighted by Crippen LogP contribution is 2.31. The fraction of sp³-hybridized carbons (Fsp3) is 0.750. The van der Waals surface area contributed by atoms with Crippen LogP contribution in [0.25, 0.3) is 0 Å². The van der Waals surface area contributed by atoms with E-state index in [1.807, 2.05) is 0 Å². The number of hydrogen-bond acceptors (Lipinski definition) is 1. The smallest absolute Gasteiger partial charge is 0.00447 e. The number of nitrogens with zero attached hydrogens (tertiary/aromatic N) is 1. The quantitative estimate of drug-likeness (QED) is 0.436. The molecule has 1 saturated heterocycles. The van der Waals surface area contributed by atoms with E-state index >= 15 is 0 Å². The maximum absolute atomic E-state index is 2.43. The molecule has 1 heteroatoms. The molecule has 2 rings (SSSR count). The lowest BCUT2D eigenvalue weighted by Crippen LogP contribution is -2.14. The Morgan fingerprint density at radius 1 is 1.44 bits per heavy atom. The van der Waals surface area contributed by atoms with Crippen molar-refractivity contribution in [1.29, 1.82) is 0 Å². The van der Waals surface area contributed by atoms with Crippen LogP contribution in [0.1, 0.15) is 6.42 Å². The Bertz CT molecular complexity index is 140. The summed E-state index contributed by atoms with van der Waals surface area (Å²) in [6.07, 6.45) is 6.05. The summed E-state index contributed by atoms with van der Waals surface area (Å²) in [6.45, 7) is 2.61. The third-order valence-electron chi connectivity index (χ3n) is 2.50. The third kappa shape index (κ3) is 0.799. The molecule has 0 aromatic rings. The number of allylic oxidation sites excluding steroid dienone is 1. The molecular weight excluding hydrogens is 110 g/mol. The van der Waals surface area contributed by atoms with Crippen molar-refractivity contribution in [2.24, 2.45) is 11.8 Å². The van der Waals surface area contributed by atoms with Crippen molar-refractivity contribution in [1.82, 2.24) is 4.90 Å². The average molecular weight is 123 g/mol. The first-order valence-electron chi connectivity index (χ1n) is 3.71. The van der Waals surface area contributed by atoms with Crippen LogP contribution in [0.2, 0.25) is 0 Å². The minimum atomic E-state index is 0.898. The van der Waals surface area contributed by atoms with Crippen molar-refractivity contribution in [2.75, 3.05) is 20.1 Å². The molecule has 9 heavy (non-hydrogen) atoms. The molecule has 1 fully saturated rings. The lowest BCUT2D eigenvalue weighted by Gasteiger charge is -2.05. The lowest BCUT2D eigenvalue weighted by molar-refractivity contribution is 0.394. The van der Waals surface area contributed by atoms with Gasteiger partial charge in [0, 0.05) is 13.1 Å². The molecule has 1 heterocycles. The van der Waals surface area contributed by atoms with Crippen LogP contribution in [0.4, 0.5) is 0 Å². The molecule has 0 aromatic carbocycles. The second kappa shape index (κ2) is 1.84. The predicted octanol–water partition coefficient (Wildman–Crippen LogP) is 1.12. The molecule has 0 saturated carbocycles. The second-order valence-electron chi connectivity index (χ2n) is 3.31. The Morgan fingerprint density at radius 2 is 2.33 bits per heavy atom. The Balaban J connectivity index is 2.08. The Kier molecular flexibility index (Phi) is 1.12. The van der Waals surface area contributed by atoms with E-state index < -0.39 is 0 Å². The van der Waals surface area contributed by atoms with Crippen molar-refractivity contribution >= 4 is 0 Å². The van der Waals surface area contributed by atoms with E-state index in [0.717, 1.165) is 11.8 Å². The first-order valence-corrected chi connectivity index (χ1v) is 3.71. The van der Waals surface area contributed by atoms with Gasteiger partial charge in [-0.3, -0.25) is 0 Å². The molecule has 50 valence electrons. The van der Waals surface area contributed by atoms with Crippen molar-refractivity contribution in [2.45, 2.75) is 6.42 Å². The van der Waals surface area contributed by atoms with Crippen LogP contribution in [-0.2, 0) is 0 Å². The second-order valence-corrected chi connectivity index (χ2v) is 3.31. The highest BCUT2D eigenvalue weighted by atomic mass is 15.1. The molecule has 2 unspecified atom stereocenters. The van der Waals surface area contributed by atoms with E-state index in [4.69, 9.17) is 0 Å². The largest absolute Gasteiger partial charge is 0.305 e. The van der Waals surface area contributed by atoms with Crippen molar-refractivity contribution in [3.05, 3.63) is 12.2 Å². The van der Waals surface area contributed by atoms with Crippen LogP contribution >= 0.6 is 0 Å². The average Bonchev–Trinajstić information content (AvgIpc) is 2.22. The molecule has 0 spiro atoms. The van der Waals surface area contributed by atoms with Gasteiger partial charge in [-0.05, 0) is 25.3 Å². The van der Waals surface area contributed by atoms with Gasteiger partial charge in [0.15, 0.2) is 0 Å². The molecule has 0 amide bonds. The fourth-order valence-electron chi connectivity index (χ4n) is 2.01. The van der Waals surface area contributed by atoms with Crippen LogP contribution in [-0.4, -0.2) is 25.0 Å². The van der Waals surface area contributed by atoms with Gasteiger partial charge in [0.1, 0.15) is 0 Å². The van der Waals surface area contributed by atoms with Crippen molar-refractivity contribution in [3.63, 3.8) is 0 Å². The van der Waals surface area contributed by atoms with Crippen LogP contribution in [0.15, 0.2) is 12.2 Å². The van der Waals surface area contributed by atoms with E-state index in [9.17, 15) is 0 Å². The molecule has 1 aliphatic heterocycles. The molecular formula is C8H13N. The maximum Gasteiger partial charge on any atom is 0.00447 e. The Hall–Kier alpha value is -0.300. The van der Waals surface area contributed by atoms with Gasteiger partial charge in [-0.15, -0.1) is 0 Å². The van der Waals surface area contributed by atoms with Gasteiger partial charge >= 0.3 is 0 Å². The van der Waals surface area contributed by atoms with E-state index in [2.05, 4.69) is 24.1 Å². The molecule has 1 nitrogen and oxygen atoms in total. The summed E-state index contributed by atoms with van der Waals surface area (Å²) >= 11 is 0. The van der Waals surface area contributed by atoms with Crippen LogP contribution in [0, 0.1) is 11.8 Å². The number of hydrogen-bond donors (Lipinski definition) is 0. The molecule has 0 N–H and O–H groups in total. The fourth-order valence-corrected chi connectivity index (χ4v) is 2.01. The van der Waals surface area contributed by atoms with Gasteiger partial charge < -0.3 is 4.90 Å². The maximum atomic E-state index is 2.43. The van der Waals surface area contributed by atoms with E-state index in [1.165, 1.54) is 19.5 Å². The summed E-state index contributed by atoms with van der Waals surface area (Å²) < 4.78 is 0. The third-order valence-corrected chi connectivity index (χ3v) is 2.50. The van der Waals surface area contributed by atoms with Gasteiger partial charge in [0.2, 0.25) is 0 Å². The highest BCUT2D eigenvalue weighted by Gasteiger charge is 2.30. The predicted molar refractivity (Wildman–Crippen MR) is 38.2 cm³/mol. The van der Waals surface area contributed by atoms with Gasteiger partial charge in [0.05, 0.1) is 0 Å². The van der Waals surface area contributed by atoms with Crippen LogP contribution < -0.4 is 0 Å². The molecule has 1 aliphatic carbocycles. The van der Waals surface area contributed by atoms with Gasteiger partial charge in [0.25, 0.3) is 0 Å². The zero-order chi connectivity index (χ0) is 6.27. The minimum Gasteiger partial charge on any atom is -0.305 e. The number of likely N-dealkylation sites (tertiary alicyclic amines) is 1. The van der Waals surface area contributed by atoms with Crippen LogP contribution in [0.5, 0.6) is 0 Å². The minimum absolute atomic E-state index is 0.898. The summed E-state index contributed by atoms with van der Waals surface area (Å²) in [6, 6.07) is 0. The van der Waals surface area contributed by atoms with Crippen molar-refractivity contribution < 1.29 is 0 Å². The van der Waals surface area contributed by atoms with Gasteiger partial charge in [-0.2, -0.15) is 0 Å². The zero-order valence-corrected chi connectivity index (χ0v) is 5.88. The number of rotatable bonds is 0. The summed E-state index contributed by atoms with van der Waals surface area (Å²) in [5.41, 5.74) is 0. The topological polar surface area (TPSA) is 3.24 Å². The number of fused-ring (bicyclic) bond motifs is 1. The summed E-state index contributed by atoms with van der Waals surface area (Å²) in [5.74, 6) is 1.87. The molecule has 2 atom stereocenters. The Morgan fingerprint density at radius 3 is 3.11 bits per heavy atom. The zero-order valence-electron chi connectivity index (χ0n) is 5.88. The standard InChI is InChI=1S/C8H13N/c1-9-5-7-3-2-4-8(7)6-9/h2-3,7-8H,4-6H2,1H3. The SMILES string of the molecule is CN1CC2C=CCC2C1. The summed E-state index contributed by atoms with van der Waals surface area (Å²) in [7, 11) is 2.21. The molecule has 0 radical (unpaired) electrons. The highest BCUT2D eigenvalue weighted by molar-refractivity contribution is 5.05. The molecule has 0 bridgehead atoms. The van der Waals surface area contributed by atoms with Crippen molar-refractivity contribution in [3.8, 4) is 0 Å². The molecule has 2 aliphatic rings.